The van der Waals surface area contributed by atoms with Crippen LogP contribution in [0.4, 0.5) is 11.5 Å². The van der Waals surface area contributed by atoms with Crippen LogP contribution in [0.2, 0.25) is 0 Å². The van der Waals surface area contributed by atoms with E-state index < -0.39 is 5.56 Å². The van der Waals surface area contributed by atoms with Crippen LogP contribution in [0.3, 0.4) is 0 Å². The molecule has 7 heteroatoms. The molecule has 1 aliphatic rings. The number of nitrogens with zero attached hydrogens (tertiary/aromatic N) is 3. The van der Waals surface area contributed by atoms with Crippen molar-refractivity contribution >= 4 is 34.4 Å². The number of nitrogens with one attached hydrogen (secondary N) is 1. The highest BCUT2D eigenvalue weighted by molar-refractivity contribution is 5.94. The quantitative estimate of drug-likeness (QED) is 0.632. The van der Waals surface area contributed by atoms with Gasteiger partial charge < -0.3 is 5.32 Å². The molecule has 172 valence electrons. The second-order valence-corrected chi connectivity index (χ2v) is 8.92. The molecule has 0 bridgehead atoms. The molecule has 7 nitrogen and oxygen atoms in total. The zero-order chi connectivity index (χ0) is 23.5. The van der Waals surface area contributed by atoms with Crippen LogP contribution in [0.25, 0.3) is 11.0 Å². The van der Waals surface area contributed by atoms with Gasteiger partial charge in [-0.1, -0.05) is 37.5 Å². The van der Waals surface area contributed by atoms with Gasteiger partial charge in [-0.25, -0.2) is 4.98 Å². The maximum atomic E-state index is 13.6. The van der Waals surface area contributed by atoms with Crippen LogP contribution < -0.4 is 15.8 Å². The summed E-state index contributed by atoms with van der Waals surface area (Å²) >= 11 is 0. The number of carbonyl (C=O) groups is 2. The monoisotopic (exact) mass is 446 g/mol. The van der Waals surface area contributed by atoms with E-state index in [4.69, 9.17) is 0 Å². The molecule has 2 amide bonds. The van der Waals surface area contributed by atoms with Crippen molar-refractivity contribution in [2.45, 2.75) is 65.5 Å². The molecule has 0 atom stereocenters. The van der Waals surface area contributed by atoms with Gasteiger partial charge in [0, 0.05) is 18.7 Å². The lowest BCUT2D eigenvalue weighted by molar-refractivity contribution is -0.117. The number of rotatable bonds is 5. The van der Waals surface area contributed by atoms with E-state index in [1.54, 1.807) is 17.0 Å². The van der Waals surface area contributed by atoms with Crippen LogP contribution in [0.1, 0.15) is 50.2 Å². The fourth-order valence-corrected chi connectivity index (χ4v) is 4.80. The molecule has 3 aromatic rings. The fraction of sp³-hybridized carbons (Fsp3) is 0.385. The second-order valence-electron chi connectivity index (χ2n) is 8.92. The van der Waals surface area contributed by atoms with Gasteiger partial charge in [0.2, 0.25) is 17.6 Å². The maximum Gasteiger partial charge on any atom is 0.294 e. The average Bonchev–Trinajstić information content (AvgIpc) is 2.76. The minimum absolute atomic E-state index is 0.0462. The summed E-state index contributed by atoms with van der Waals surface area (Å²) < 4.78 is 1.43. The van der Waals surface area contributed by atoms with Crippen molar-refractivity contribution < 1.29 is 9.59 Å². The third-order valence-corrected chi connectivity index (χ3v) is 6.15. The standard InChI is InChI=1S/C26H30N4O3/c1-17-13-18(2)15-20(14-17)27-24(32)16-29-23-12-8-7-11-22(23)28-25(26(29)33)30(19(3)31)21-9-5-4-6-10-21/h7-8,11-15,21H,4-6,9-10,16H2,1-3H3,(H,27,32). The van der Waals surface area contributed by atoms with E-state index in [1.165, 1.54) is 11.5 Å². The van der Waals surface area contributed by atoms with Gasteiger partial charge in [0.1, 0.15) is 6.54 Å². The van der Waals surface area contributed by atoms with Gasteiger partial charge in [0.15, 0.2) is 0 Å². The highest BCUT2D eigenvalue weighted by Crippen LogP contribution is 2.26. The van der Waals surface area contributed by atoms with Gasteiger partial charge in [0.25, 0.3) is 5.56 Å². The molecular formula is C26H30N4O3. The smallest absolute Gasteiger partial charge is 0.294 e. The molecule has 1 aromatic heterocycles. The number of hydrogen-bond acceptors (Lipinski definition) is 4. The molecule has 0 unspecified atom stereocenters. The lowest BCUT2D eigenvalue weighted by atomic mass is 9.94. The topological polar surface area (TPSA) is 84.3 Å². The van der Waals surface area contributed by atoms with Crippen molar-refractivity contribution in [3.05, 3.63) is 63.9 Å². The van der Waals surface area contributed by atoms with Crippen molar-refractivity contribution in [3.8, 4) is 0 Å². The van der Waals surface area contributed by atoms with Gasteiger partial charge in [0.05, 0.1) is 11.0 Å². The Morgan fingerprint density at radius 1 is 1.06 bits per heavy atom. The normalized spacial score (nSPS) is 14.3. The van der Waals surface area contributed by atoms with Crippen LogP contribution in [0.15, 0.2) is 47.3 Å². The van der Waals surface area contributed by atoms with Gasteiger partial charge in [-0.3, -0.25) is 23.9 Å². The van der Waals surface area contributed by atoms with E-state index in [0.717, 1.165) is 43.2 Å². The Morgan fingerprint density at radius 3 is 2.39 bits per heavy atom. The van der Waals surface area contributed by atoms with Crippen LogP contribution >= 0.6 is 0 Å². The number of anilines is 2. The van der Waals surface area contributed by atoms with E-state index in [0.29, 0.717) is 16.7 Å². The van der Waals surface area contributed by atoms with Crippen molar-refractivity contribution in [2.75, 3.05) is 10.2 Å². The van der Waals surface area contributed by atoms with Crippen molar-refractivity contribution in [3.63, 3.8) is 0 Å². The lowest BCUT2D eigenvalue weighted by Gasteiger charge is -2.32. The predicted octanol–water partition coefficient (Wildman–Crippen LogP) is 4.34. The molecule has 1 saturated carbocycles. The minimum atomic E-state index is -0.426. The number of para-hydroxylation sites is 2. The van der Waals surface area contributed by atoms with Gasteiger partial charge in [-0.05, 0) is 62.1 Å². The SMILES string of the molecule is CC(=O)N(c1nc2ccccc2n(CC(=O)Nc2cc(C)cc(C)c2)c1=O)C1CCCCC1. The van der Waals surface area contributed by atoms with Crippen LogP contribution in [-0.2, 0) is 16.1 Å². The molecule has 2 aromatic carbocycles. The molecule has 0 saturated heterocycles. The Bertz CT molecular complexity index is 1240. The molecule has 1 heterocycles. The Kier molecular flexibility index (Phi) is 6.58. The van der Waals surface area contributed by atoms with E-state index in [-0.39, 0.29) is 30.2 Å². The predicted molar refractivity (Wildman–Crippen MR) is 131 cm³/mol. The Balaban J connectivity index is 1.74. The third kappa shape index (κ3) is 4.97. The highest BCUT2D eigenvalue weighted by Gasteiger charge is 2.29. The largest absolute Gasteiger partial charge is 0.325 e. The summed E-state index contributed by atoms with van der Waals surface area (Å²) in [5.41, 5.74) is 3.50. The van der Waals surface area contributed by atoms with E-state index >= 15 is 0 Å². The summed E-state index contributed by atoms with van der Waals surface area (Å²) in [6.07, 6.45) is 4.88. The summed E-state index contributed by atoms with van der Waals surface area (Å²) in [5, 5.41) is 2.90. The molecule has 1 fully saturated rings. The first-order valence-electron chi connectivity index (χ1n) is 11.5. The second kappa shape index (κ2) is 9.57. The van der Waals surface area contributed by atoms with E-state index in [9.17, 15) is 14.4 Å². The van der Waals surface area contributed by atoms with E-state index in [2.05, 4.69) is 10.3 Å². The number of carbonyl (C=O) groups excluding carboxylic acids is 2. The summed E-state index contributed by atoms with van der Waals surface area (Å²) in [4.78, 5) is 45.3. The number of benzene rings is 2. The van der Waals surface area contributed by atoms with Crippen molar-refractivity contribution in [2.24, 2.45) is 0 Å². The highest BCUT2D eigenvalue weighted by atomic mass is 16.2. The zero-order valence-electron chi connectivity index (χ0n) is 19.4. The summed E-state index contributed by atoms with van der Waals surface area (Å²) in [5.74, 6) is -0.406. The molecule has 0 spiro atoms. The van der Waals surface area contributed by atoms with Gasteiger partial charge >= 0.3 is 0 Å². The molecule has 33 heavy (non-hydrogen) atoms. The first-order chi connectivity index (χ1) is 15.8. The minimum Gasteiger partial charge on any atom is -0.325 e. The molecule has 1 N–H and O–H groups in total. The molecule has 0 aliphatic heterocycles. The zero-order valence-corrected chi connectivity index (χ0v) is 19.4. The summed E-state index contributed by atoms with van der Waals surface area (Å²) in [6.45, 7) is 5.25. The van der Waals surface area contributed by atoms with Gasteiger partial charge in [-0.2, -0.15) is 0 Å². The molecule has 0 radical (unpaired) electrons. The number of aryl methyl sites for hydroxylation is 2. The van der Waals surface area contributed by atoms with Crippen molar-refractivity contribution in [1.82, 2.24) is 9.55 Å². The average molecular weight is 447 g/mol. The third-order valence-electron chi connectivity index (χ3n) is 6.15. The van der Waals surface area contributed by atoms with Crippen LogP contribution in [0.5, 0.6) is 0 Å². The number of aromatic nitrogens is 2. The number of hydrogen-bond donors (Lipinski definition) is 1. The van der Waals surface area contributed by atoms with Crippen molar-refractivity contribution in [1.29, 1.82) is 0 Å². The van der Waals surface area contributed by atoms with Gasteiger partial charge in [-0.15, -0.1) is 0 Å². The maximum absolute atomic E-state index is 13.6. The summed E-state index contributed by atoms with van der Waals surface area (Å²) in [6, 6.07) is 13.0. The molecular weight excluding hydrogens is 416 g/mol. The lowest BCUT2D eigenvalue weighted by Crippen LogP contribution is -2.45. The Morgan fingerprint density at radius 2 is 1.73 bits per heavy atom. The first kappa shape index (κ1) is 22.7. The first-order valence-corrected chi connectivity index (χ1v) is 11.5. The van der Waals surface area contributed by atoms with Crippen LogP contribution in [0, 0.1) is 13.8 Å². The molecule has 1 aliphatic carbocycles. The summed E-state index contributed by atoms with van der Waals surface area (Å²) in [7, 11) is 0. The number of fused-ring (bicyclic) bond motifs is 1. The van der Waals surface area contributed by atoms with E-state index in [1.807, 2.05) is 44.2 Å². The van der Waals surface area contributed by atoms with Crippen LogP contribution in [-0.4, -0.2) is 27.4 Å². The Labute approximate surface area is 193 Å². The number of amides is 2. The fourth-order valence-electron chi connectivity index (χ4n) is 4.80. The molecule has 4 rings (SSSR count). The Hall–Kier alpha value is -3.48.